The first-order chi connectivity index (χ1) is 9.40. The SMILES string of the molecule is C=CCOc1ccc(CN(C)C(=O)C(C)(N)CC)cc1. The Morgan fingerprint density at radius 3 is 2.55 bits per heavy atom. The maximum absolute atomic E-state index is 12.2. The van der Waals surface area contributed by atoms with Gasteiger partial charge in [-0.2, -0.15) is 0 Å². The average molecular weight is 276 g/mol. The minimum atomic E-state index is -0.804. The molecule has 0 aliphatic carbocycles. The van der Waals surface area contributed by atoms with Gasteiger partial charge in [0.2, 0.25) is 5.91 Å². The van der Waals surface area contributed by atoms with Gasteiger partial charge in [-0.1, -0.05) is 31.7 Å². The van der Waals surface area contributed by atoms with E-state index in [0.29, 0.717) is 19.6 Å². The van der Waals surface area contributed by atoms with E-state index in [-0.39, 0.29) is 5.91 Å². The van der Waals surface area contributed by atoms with E-state index in [1.807, 2.05) is 31.2 Å². The van der Waals surface area contributed by atoms with E-state index in [0.717, 1.165) is 11.3 Å². The molecule has 4 nitrogen and oxygen atoms in total. The Morgan fingerprint density at radius 1 is 1.45 bits per heavy atom. The van der Waals surface area contributed by atoms with E-state index in [4.69, 9.17) is 10.5 Å². The summed E-state index contributed by atoms with van der Waals surface area (Å²) in [6.07, 6.45) is 2.32. The fourth-order valence-corrected chi connectivity index (χ4v) is 1.78. The molecule has 20 heavy (non-hydrogen) atoms. The van der Waals surface area contributed by atoms with Gasteiger partial charge in [0, 0.05) is 13.6 Å². The molecule has 1 rings (SSSR count). The van der Waals surface area contributed by atoms with Gasteiger partial charge >= 0.3 is 0 Å². The van der Waals surface area contributed by atoms with Crippen LogP contribution in [0.25, 0.3) is 0 Å². The lowest BCUT2D eigenvalue weighted by Gasteiger charge is -2.28. The zero-order chi connectivity index (χ0) is 15.2. The number of nitrogens with two attached hydrogens (primary N) is 1. The Hall–Kier alpha value is -1.81. The lowest BCUT2D eigenvalue weighted by molar-refractivity contribution is -0.135. The lowest BCUT2D eigenvalue weighted by Crippen LogP contribution is -2.51. The first-order valence-electron chi connectivity index (χ1n) is 6.77. The number of carbonyl (C=O) groups excluding carboxylic acids is 1. The minimum Gasteiger partial charge on any atom is -0.490 e. The second kappa shape index (κ2) is 7.10. The molecule has 0 spiro atoms. The summed E-state index contributed by atoms with van der Waals surface area (Å²) in [5.41, 5.74) is 6.21. The minimum absolute atomic E-state index is 0.0491. The fourth-order valence-electron chi connectivity index (χ4n) is 1.78. The predicted molar refractivity (Wildman–Crippen MR) is 81.5 cm³/mol. The number of nitrogens with zero attached hydrogens (tertiary/aromatic N) is 1. The van der Waals surface area contributed by atoms with Crippen molar-refractivity contribution >= 4 is 5.91 Å². The summed E-state index contributed by atoms with van der Waals surface area (Å²) in [6.45, 7) is 8.30. The molecule has 4 heteroatoms. The Labute approximate surface area is 121 Å². The predicted octanol–water partition coefficient (Wildman–Crippen LogP) is 2.34. The van der Waals surface area contributed by atoms with E-state index in [1.165, 1.54) is 0 Å². The van der Waals surface area contributed by atoms with Crippen molar-refractivity contribution in [3.63, 3.8) is 0 Å². The van der Waals surface area contributed by atoms with Gasteiger partial charge in [-0.3, -0.25) is 4.79 Å². The number of likely N-dealkylation sites (N-methyl/N-ethyl adjacent to an activating group) is 1. The van der Waals surface area contributed by atoms with Crippen molar-refractivity contribution in [3.8, 4) is 5.75 Å². The van der Waals surface area contributed by atoms with Crippen LogP contribution in [0, 0.1) is 0 Å². The number of hydrogen-bond donors (Lipinski definition) is 1. The number of rotatable bonds is 7. The molecule has 1 unspecified atom stereocenters. The molecule has 0 aromatic heterocycles. The molecule has 0 saturated heterocycles. The molecule has 1 amide bonds. The first kappa shape index (κ1) is 16.2. The molecule has 1 aromatic rings. The standard InChI is InChI=1S/C16H24N2O2/c1-5-11-20-14-9-7-13(8-10-14)12-18(4)15(19)16(3,17)6-2/h5,7-10H,1,6,11-12,17H2,2-4H3. The number of carbonyl (C=O) groups is 1. The smallest absolute Gasteiger partial charge is 0.242 e. The van der Waals surface area contributed by atoms with Gasteiger partial charge in [0.1, 0.15) is 12.4 Å². The molecule has 0 heterocycles. The normalized spacial score (nSPS) is 13.4. The molecule has 0 aliphatic heterocycles. The van der Waals surface area contributed by atoms with Gasteiger partial charge in [0.05, 0.1) is 5.54 Å². The summed E-state index contributed by atoms with van der Waals surface area (Å²) >= 11 is 0. The number of ether oxygens (including phenoxy) is 1. The third kappa shape index (κ3) is 4.38. The van der Waals surface area contributed by atoms with Gasteiger partial charge in [-0.25, -0.2) is 0 Å². The van der Waals surface area contributed by atoms with Crippen LogP contribution in [0.4, 0.5) is 0 Å². The molecule has 0 radical (unpaired) electrons. The summed E-state index contributed by atoms with van der Waals surface area (Å²) < 4.78 is 5.42. The molecule has 0 saturated carbocycles. The summed E-state index contributed by atoms with van der Waals surface area (Å²) in [7, 11) is 1.77. The molecule has 110 valence electrons. The monoisotopic (exact) mass is 276 g/mol. The number of hydrogen-bond acceptors (Lipinski definition) is 3. The van der Waals surface area contributed by atoms with E-state index < -0.39 is 5.54 Å². The highest BCUT2D eigenvalue weighted by Gasteiger charge is 2.28. The van der Waals surface area contributed by atoms with Gasteiger partial charge in [0.15, 0.2) is 0 Å². The van der Waals surface area contributed by atoms with Crippen molar-refractivity contribution in [3.05, 3.63) is 42.5 Å². The van der Waals surface area contributed by atoms with Crippen molar-refractivity contribution in [2.45, 2.75) is 32.4 Å². The van der Waals surface area contributed by atoms with Crippen LogP contribution in [0.1, 0.15) is 25.8 Å². The summed E-state index contributed by atoms with van der Waals surface area (Å²) in [5.74, 6) is 0.742. The highest BCUT2D eigenvalue weighted by Crippen LogP contribution is 2.15. The average Bonchev–Trinajstić information content (AvgIpc) is 2.45. The van der Waals surface area contributed by atoms with Gasteiger partial charge in [-0.15, -0.1) is 0 Å². The largest absolute Gasteiger partial charge is 0.490 e. The number of amides is 1. The van der Waals surface area contributed by atoms with E-state index in [9.17, 15) is 4.79 Å². The van der Waals surface area contributed by atoms with Crippen LogP contribution in [0.2, 0.25) is 0 Å². The first-order valence-corrected chi connectivity index (χ1v) is 6.77. The van der Waals surface area contributed by atoms with Gasteiger partial charge in [-0.05, 0) is 31.0 Å². The highest BCUT2D eigenvalue weighted by molar-refractivity contribution is 5.85. The van der Waals surface area contributed by atoms with Crippen LogP contribution in [0.3, 0.4) is 0 Å². The fraction of sp³-hybridized carbons (Fsp3) is 0.438. The van der Waals surface area contributed by atoms with E-state index in [1.54, 1.807) is 24.9 Å². The van der Waals surface area contributed by atoms with Crippen molar-refractivity contribution in [1.82, 2.24) is 4.90 Å². The van der Waals surface area contributed by atoms with Crippen LogP contribution in [0.5, 0.6) is 5.75 Å². The number of benzene rings is 1. The van der Waals surface area contributed by atoms with Crippen molar-refractivity contribution < 1.29 is 9.53 Å². The Kier molecular flexibility index (Phi) is 5.77. The third-order valence-electron chi connectivity index (χ3n) is 3.28. The van der Waals surface area contributed by atoms with Crippen LogP contribution < -0.4 is 10.5 Å². The van der Waals surface area contributed by atoms with Crippen LogP contribution in [-0.2, 0) is 11.3 Å². The topological polar surface area (TPSA) is 55.6 Å². The molecule has 1 atom stereocenters. The summed E-state index contributed by atoms with van der Waals surface area (Å²) in [4.78, 5) is 13.8. The molecule has 0 fully saturated rings. The highest BCUT2D eigenvalue weighted by atomic mass is 16.5. The zero-order valence-electron chi connectivity index (χ0n) is 12.6. The molecule has 1 aromatic carbocycles. The van der Waals surface area contributed by atoms with Crippen LogP contribution in [-0.4, -0.2) is 30.0 Å². The molecule has 0 aliphatic rings. The van der Waals surface area contributed by atoms with Crippen molar-refractivity contribution in [2.75, 3.05) is 13.7 Å². The van der Waals surface area contributed by atoms with Crippen LogP contribution >= 0.6 is 0 Å². The Morgan fingerprint density at radius 2 is 2.05 bits per heavy atom. The molecular formula is C16H24N2O2. The molecule has 2 N–H and O–H groups in total. The maximum atomic E-state index is 12.2. The Bertz CT molecular complexity index is 452. The van der Waals surface area contributed by atoms with Crippen LogP contribution in [0.15, 0.2) is 36.9 Å². The lowest BCUT2D eigenvalue weighted by atomic mass is 9.98. The second-order valence-electron chi connectivity index (χ2n) is 5.18. The van der Waals surface area contributed by atoms with Gasteiger partial charge < -0.3 is 15.4 Å². The molecule has 0 bridgehead atoms. The quantitative estimate of drug-likeness (QED) is 0.778. The van der Waals surface area contributed by atoms with E-state index in [2.05, 4.69) is 6.58 Å². The van der Waals surface area contributed by atoms with Gasteiger partial charge in [0.25, 0.3) is 0 Å². The summed E-state index contributed by atoms with van der Waals surface area (Å²) in [5, 5.41) is 0. The molecular weight excluding hydrogens is 252 g/mol. The van der Waals surface area contributed by atoms with E-state index >= 15 is 0 Å². The maximum Gasteiger partial charge on any atom is 0.242 e. The third-order valence-corrected chi connectivity index (χ3v) is 3.28. The van der Waals surface area contributed by atoms with Crippen molar-refractivity contribution in [1.29, 1.82) is 0 Å². The Balaban J connectivity index is 2.64. The van der Waals surface area contributed by atoms with Crippen molar-refractivity contribution in [2.24, 2.45) is 5.73 Å². The second-order valence-corrected chi connectivity index (χ2v) is 5.18. The summed E-state index contributed by atoms with van der Waals surface area (Å²) in [6, 6.07) is 7.67. The zero-order valence-corrected chi connectivity index (χ0v) is 12.6.